The first-order chi connectivity index (χ1) is 8.33. The minimum Gasteiger partial charge on any atom is -0.456 e. The van der Waals surface area contributed by atoms with Crippen LogP contribution >= 0.6 is 0 Å². The van der Waals surface area contributed by atoms with Gasteiger partial charge in [0.15, 0.2) is 5.76 Å². The zero-order chi connectivity index (χ0) is 12.1. The van der Waals surface area contributed by atoms with Gasteiger partial charge in [-0.25, -0.2) is 4.98 Å². The molecule has 2 aromatic rings. The van der Waals surface area contributed by atoms with Crippen LogP contribution in [0.15, 0.2) is 27.2 Å². The number of aryl methyl sites for hydroxylation is 1. The standard InChI is InChI=1S/C13H18N2O2/c1-3-7-14-8-10-9-16-13(15-10)12-6-5-11(4-2)17-12/h5-6,9,14H,3-4,7-8H2,1-2H3. The molecule has 0 saturated carbocycles. The van der Waals surface area contributed by atoms with Gasteiger partial charge in [-0.15, -0.1) is 0 Å². The van der Waals surface area contributed by atoms with Gasteiger partial charge in [0, 0.05) is 13.0 Å². The van der Waals surface area contributed by atoms with Crippen molar-refractivity contribution >= 4 is 0 Å². The smallest absolute Gasteiger partial charge is 0.263 e. The zero-order valence-electron chi connectivity index (χ0n) is 10.3. The average Bonchev–Trinajstić information content (AvgIpc) is 2.97. The lowest BCUT2D eigenvalue weighted by Gasteiger charge is -1.96. The lowest BCUT2D eigenvalue weighted by Crippen LogP contribution is -2.13. The average molecular weight is 234 g/mol. The van der Waals surface area contributed by atoms with Gasteiger partial charge in [-0.05, 0) is 25.1 Å². The highest BCUT2D eigenvalue weighted by Gasteiger charge is 2.10. The fourth-order valence-corrected chi connectivity index (χ4v) is 1.58. The van der Waals surface area contributed by atoms with Crippen molar-refractivity contribution in [3.05, 3.63) is 29.9 Å². The van der Waals surface area contributed by atoms with Crippen LogP contribution in [0.4, 0.5) is 0 Å². The zero-order valence-corrected chi connectivity index (χ0v) is 10.3. The third-order valence-electron chi connectivity index (χ3n) is 2.51. The highest BCUT2D eigenvalue weighted by Crippen LogP contribution is 2.21. The van der Waals surface area contributed by atoms with Crippen molar-refractivity contribution in [2.24, 2.45) is 0 Å². The highest BCUT2D eigenvalue weighted by molar-refractivity contribution is 5.44. The van der Waals surface area contributed by atoms with Gasteiger partial charge in [0.05, 0.1) is 5.69 Å². The Kier molecular flexibility index (Phi) is 3.98. The molecule has 0 atom stereocenters. The molecule has 0 aromatic carbocycles. The molecule has 0 fully saturated rings. The van der Waals surface area contributed by atoms with Gasteiger partial charge >= 0.3 is 0 Å². The van der Waals surface area contributed by atoms with E-state index in [1.807, 2.05) is 12.1 Å². The fraction of sp³-hybridized carbons (Fsp3) is 0.462. The quantitative estimate of drug-likeness (QED) is 0.781. The maximum atomic E-state index is 5.58. The third kappa shape index (κ3) is 2.97. The predicted octanol–water partition coefficient (Wildman–Crippen LogP) is 3.00. The Morgan fingerprint density at radius 3 is 2.88 bits per heavy atom. The molecular weight excluding hydrogens is 216 g/mol. The minimum atomic E-state index is 0.554. The molecule has 0 unspecified atom stereocenters. The largest absolute Gasteiger partial charge is 0.456 e. The number of rotatable bonds is 6. The van der Waals surface area contributed by atoms with Crippen LogP contribution < -0.4 is 5.32 Å². The number of aromatic nitrogens is 1. The van der Waals surface area contributed by atoms with Gasteiger partial charge < -0.3 is 14.2 Å². The van der Waals surface area contributed by atoms with Crippen LogP contribution in [0.3, 0.4) is 0 Å². The monoisotopic (exact) mass is 234 g/mol. The Morgan fingerprint density at radius 1 is 1.29 bits per heavy atom. The molecule has 1 N–H and O–H groups in total. The summed E-state index contributed by atoms with van der Waals surface area (Å²) >= 11 is 0. The van der Waals surface area contributed by atoms with Crippen molar-refractivity contribution in [2.45, 2.75) is 33.2 Å². The number of furan rings is 1. The Bertz CT molecular complexity index is 459. The van der Waals surface area contributed by atoms with Gasteiger partial charge in [-0.1, -0.05) is 13.8 Å². The summed E-state index contributed by atoms with van der Waals surface area (Å²) in [5, 5.41) is 3.28. The minimum absolute atomic E-state index is 0.554. The second-order valence-corrected chi connectivity index (χ2v) is 3.94. The van der Waals surface area contributed by atoms with Gasteiger partial charge in [-0.3, -0.25) is 0 Å². The van der Waals surface area contributed by atoms with Crippen LogP contribution in [0.25, 0.3) is 11.7 Å². The SMILES string of the molecule is CCCNCc1coc(-c2ccc(CC)o2)n1. The van der Waals surface area contributed by atoms with Crippen molar-refractivity contribution in [1.29, 1.82) is 0 Å². The summed E-state index contributed by atoms with van der Waals surface area (Å²) in [7, 11) is 0. The molecular formula is C13H18N2O2. The van der Waals surface area contributed by atoms with Crippen LogP contribution in [0.5, 0.6) is 0 Å². The molecule has 0 radical (unpaired) electrons. The Morgan fingerprint density at radius 2 is 2.18 bits per heavy atom. The first-order valence-electron chi connectivity index (χ1n) is 6.07. The molecule has 0 saturated heterocycles. The van der Waals surface area contributed by atoms with E-state index in [0.717, 1.165) is 37.4 Å². The molecule has 0 bridgehead atoms. The highest BCUT2D eigenvalue weighted by atomic mass is 16.4. The molecule has 4 heteroatoms. The van der Waals surface area contributed by atoms with E-state index in [0.29, 0.717) is 11.7 Å². The van der Waals surface area contributed by atoms with Crippen LogP contribution in [0, 0.1) is 0 Å². The summed E-state index contributed by atoms with van der Waals surface area (Å²) in [5.41, 5.74) is 0.905. The Balaban J connectivity index is 2.02. The molecule has 2 rings (SSSR count). The summed E-state index contributed by atoms with van der Waals surface area (Å²) in [4.78, 5) is 4.38. The molecule has 92 valence electrons. The molecule has 2 heterocycles. The summed E-state index contributed by atoms with van der Waals surface area (Å²) in [6, 6.07) is 3.85. The summed E-state index contributed by atoms with van der Waals surface area (Å²) in [6.45, 7) is 5.91. The van der Waals surface area contributed by atoms with Crippen LogP contribution in [-0.2, 0) is 13.0 Å². The van der Waals surface area contributed by atoms with Gasteiger partial charge in [0.25, 0.3) is 5.89 Å². The van der Waals surface area contributed by atoms with Gasteiger partial charge in [0.1, 0.15) is 12.0 Å². The lowest BCUT2D eigenvalue weighted by molar-refractivity contribution is 0.490. The normalized spacial score (nSPS) is 10.9. The van der Waals surface area contributed by atoms with E-state index in [1.54, 1.807) is 6.26 Å². The van der Waals surface area contributed by atoms with E-state index in [1.165, 1.54) is 0 Å². The van der Waals surface area contributed by atoms with Crippen molar-refractivity contribution < 1.29 is 8.83 Å². The number of hydrogen-bond acceptors (Lipinski definition) is 4. The second-order valence-electron chi connectivity index (χ2n) is 3.94. The first-order valence-corrected chi connectivity index (χ1v) is 6.07. The van der Waals surface area contributed by atoms with Crippen molar-refractivity contribution in [3.8, 4) is 11.7 Å². The topological polar surface area (TPSA) is 51.2 Å². The first kappa shape index (κ1) is 11.9. The van der Waals surface area contributed by atoms with E-state index >= 15 is 0 Å². The third-order valence-corrected chi connectivity index (χ3v) is 2.51. The van der Waals surface area contributed by atoms with Crippen LogP contribution in [-0.4, -0.2) is 11.5 Å². The van der Waals surface area contributed by atoms with Crippen molar-refractivity contribution in [1.82, 2.24) is 10.3 Å². The van der Waals surface area contributed by atoms with Crippen LogP contribution in [0.2, 0.25) is 0 Å². The molecule has 2 aromatic heterocycles. The second kappa shape index (κ2) is 5.68. The number of nitrogens with zero attached hydrogens (tertiary/aromatic N) is 1. The summed E-state index contributed by atoms with van der Waals surface area (Å²) in [5.74, 6) is 2.20. The molecule has 0 aliphatic heterocycles. The fourth-order valence-electron chi connectivity index (χ4n) is 1.58. The number of oxazole rings is 1. The molecule has 0 amide bonds. The Hall–Kier alpha value is -1.55. The van der Waals surface area contributed by atoms with E-state index in [2.05, 4.69) is 24.1 Å². The van der Waals surface area contributed by atoms with E-state index < -0.39 is 0 Å². The molecule has 0 aliphatic carbocycles. The maximum Gasteiger partial charge on any atom is 0.263 e. The molecule has 4 nitrogen and oxygen atoms in total. The maximum absolute atomic E-state index is 5.58. The summed E-state index contributed by atoms with van der Waals surface area (Å²) < 4.78 is 11.0. The molecule has 0 aliphatic rings. The van der Waals surface area contributed by atoms with E-state index in [-0.39, 0.29) is 0 Å². The van der Waals surface area contributed by atoms with Crippen molar-refractivity contribution in [3.63, 3.8) is 0 Å². The van der Waals surface area contributed by atoms with Gasteiger partial charge in [-0.2, -0.15) is 0 Å². The van der Waals surface area contributed by atoms with E-state index in [4.69, 9.17) is 8.83 Å². The summed E-state index contributed by atoms with van der Waals surface area (Å²) in [6.07, 6.45) is 3.67. The number of hydrogen-bond donors (Lipinski definition) is 1. The molecule has 0 spiro atoms. The van der Waals surface area contributed by atoms with E-state index in [9.17, 15) is 0 Å². The van der Waals surface area contributed by atoms with Gasteiger partial charge in [0.2, 0.25) is 0 Å². The van der Waals surface area contributed by atoms with Crippen molar-refractivity contribution in [2.75, 3.05) is 6.54 Å². The molecule has 17 heavy (non-hydrogen) atoms. The van der Waals surface area contributed by atoms with Crippen LogP contribution in [0.1, 0.15) is 31.7 Å². The Labute approximate surface area is 101 Å². The predicted molar refractivity (Wildman–Crippen MR) is 65.6 cm³/mol. The number of nitrogens with one attached hydrogen (secondary N) is 1. The lowest BCUT2D eigenvalue weighted by atomic mass is 10.3.